The van der Waals surface area contributed by atoms with Crippen LogP contribution in [0.25, 0.3) is 0 Å². The second-order valence-corrected chi connectivity index (χ2v) is 8.00. The van der Waals surface area contributed by atoms with Crippen LogP contribution in [0.15, 0.2) is 23.8 Å². The molecule has 1 aromatic rings. The summed E-state index contributed by atoms with van der Waals surface area (Å²) in [5.74, 6) is -2.21. The molecule has 6 nitrogen and oxygen atoms in total. The molecule has 0 bridgehead atoms. The first-order valence-corrected chi connectivity index (χ1v) is 9.56. The van der Waals surface area contributed by atoms with Gasteiger partial charge in [0.25, 0.3) is 5.82 Å². The highest BCUT2D eigenvalue weighted by atomic mass is 19.4. The average Bonchev–Trinajstić information content (AvgIpc) is 3.07. The van der Waals surface area contributed by atoms with Gasteiger partial charge in [-0.1, -0.05) is 0 Å². The predicted molar refractivity (Wildman–Crippen MR) is 94.7 cm³/mol. The molecule has 29 heavy (non-hydrogen) atoms. The van der Waals surface area contributed by atoms with Gasteiger partial charge < -0.3 is 5.73 Å². The molecule has 0 amide bonds. The third-order valence-corrected chi connectivity index (χ3v) is 6.06. The van der Waals surface area contributed by atoms with Gasteiger partial charge in [-0.3, -0.25) is 9.80 Å². The smallest absolute Gasteiger partial charge is 0.326 e. The van der Waals surface area contributed by atoms with Crippen molar-refractivity contribution in [2.75, 3.05) is 20.1 Å². The number of likely N-dealkylation sites (N-methyl/N-ethyl adjacent to an activating group) is 1. The molecule has 0 spiro atoms. The molecule has 3 aliphatic rings. The molecular weight excluding hydrogens is 395 g/mol. The Morgan fingerprint density at radius 1 is 1.17 bits per heavy atom. The number of rotatable bonds is 2. The fraction of sp³-hybridized carbons (Fsp3) is 0.667. The Labute approximate surface area is 164 Å². The van der Waals surface area contributed by atoms with Crippen LogP contribution in [0.2, 0.25) is 0 Å². The Hall–Kier alpha value is -1.85. The Morgan fingerprint density at radius 2 is 1.93 bits per heavy atom. The van der Waals surface area contributed by atoms with Crippen LogP contribution < -0.4 is 5.73 Å². The third kappa shape index (κ3) is 3.95. The van der Waals surface area contributed by atoms with E-state index in [0.29, 0.717) is 26.1 Å². The van der Waals surface area contributed by atoms with Gasteiger partial charge in [0.15, 0.2) is 0 Å². The van der Waals surface area contributed by atoms with Crippen LogP contribution in [-0.2, 0) is 19.3 Å². The zero-order chi connectivity index (χ0) is 20.9. The molecule has 1 fully saturated rings. The molecule has 1 saturated heterocycles. The number of fused-ring (bicyclic) bond motifs is 1. The maximum Gasteiger partial charge on any atom is 0.453 e. The van der Waals surface area contributed by atoms with E-state index in [4.69, 9.17) is 5.73 Å². The number of nitrogens with zero attached hydrogens (tertiary/aromatic N) is 5. The molecule has 1 aliphatic carbocycles. The van der Waals surface area contributed by atoms with Crippen LogP contribution >= 0.6 is 0 Å². The summed E-state index contributed by atoms with van der Waals surface area (Å²) in [6, 6.07) is -0.742. The lowest BCUT2D eigenvalue weighted by Gasteiger charge is -2.48. The number of piperidine rings is 1. The van der Waals surface area contributed by atoms with Crippen LogP contribution in [0.1, 0.15) is 24.5 Å². The van der Waals surface area contributed by atoms with Crippen molar-refractivity contribution in [1.29, 1.82) is 0 Å². The van der Waals surface area contributed by atoms with Crippen molar-refractivity contribution in [3.8, 4) is 0 Å². The molecule has 3 unspecified atom stereocenters. The molecule has 11 heteroatoms. The van der Waals surface area contributed by atoms with Gasteiger partial charge in [-0.15, -0.1) is 5.10 Å². The minimum Gasteiger partial charge on any atom is -0.326 e. The highest BCUT2D eigenvalue weighted by molar-refractivity contribution is 5.22. The van der Waals surface area contributed by atoms with Crippen molar-refractivity contribution in [1.82, 2.24) is 24.6 Å². The monoisotopic (exact) mass is 418 g/mol. The molecule has 2 N–H and O–H groups in total. The lowest BCUT2D eigenvalue weighted by Crippen LogP contribution is -2.62. The lowest BCUT2D eigenvalue weighted by molar-refractivity contribution is -0.145. The molecule has 2 aliphatic heterocycles. The predicted octanol–water partition coefficient (Wildman–Crippen LogP) is 2.24. The van der Waals surface area contributed by atoms with E-state index in [2.05, 4.69) is 10.1 Å². The SMILES string of the molecule is CN1CC(N2CCn3nc(C(F)(F)F)nc3C2)CC(N)[C@H]1C1CC(F)=CC=C1F. The summed E-state index contributed by atoms with van der Waals surface area (Å²) < 4.78 is 67.9. The normalized spacial score (nSPS) is 32.0. The molecule has 4 atom stereocenters. The van der Waals surface area contributed by atoms with Gasteiger partial charge in [-0.05, 0) is 25.6 Å². The molecule has 0 radical (unpaired) electrons. The zero-order valence-electron chi connectivity index (χ0n) is 15.9. The van der Waals surface area contributed by atoms with Crippen molar-refractivity contribution >= 4 is 0 Å². The number of nitrogens with two attached hydrogens (primary N) is 1. The Morgan fingerprint density at radius 3 is 2.62 bits per heavy atom. The fourth-order valence-corrected chi connectivity index (χ4v) is 4.72. The summed E-state index contributed by atoms with van der Waals surface area (Å²) in [6.45, 7) is 1.65. The number of alkyl halides is 3. The van der Waals surface area contributed by atoms with Gasteiger partial charge in [0.1, 0.15) is 17.5 Å². The van der Waals surface area contributed by atoms with E-state index in [1.807, 2.05) is 16.8 Å². The van der Waals surface area contributed by atoms with Crippen LogP contribution in [-0.4, -0.2) is 62.8 Å². The Bertz CT molecular complexity index is 819. The number of likely N-dealkylation sites (tertiary alicyclic amines) is 1. The van der Waals surface area contributed by atoms with Crippen molar-refractivity contribution in [3.63, 3.8) is 0 Å². The minimum absolute atomic E-state index is 0.0112. The maximum absolute atomic E-state index is 14.3. The molecule has 0 saturated carbocycles. The molecule has 3 heterocycles. The second-order valence-electron chi connectivity index (χ2n) is 8.00. The standard InChI is InChI=1S/C18H23F5N6/c1-27-8-11(7-14(24)16(27)12-6-10(19)2-3-13(12)20)28-4-5-29-15(9-28)25-17(26-29)18(21,22)23/h2-3,11-12,14,16H,4-9,24H2,1H3/t11?,12?,14?,16-/m1/s1. The van der Waals surface area contributed by atoms with Crippen molar-refractivity contribution in [2.45, 2.75) is 50.2 Å². The van der Waals surface area contributed by atoms with Crippen molar-refractivity contribution in [3.05, 3.63) is 35.5 Å². The van der Waals surface area contributed by atoms with Crippen LogP contribution in [0.5, 0.6) is 0 Å². The Balaban J connectivity index is 1.45. The van der Waals surface area contributed by atoms with E-state index in [9.17, 15) is 22.0 Å². The van der Waals surface area contributed by atoms with E-state index in [-0.39, 0.29) is 48.6 Å². The van der Waals surface area contributed by atoms with Gasteiger partial charge >= 0.3 is 6.18 Å². The zero-order valence-corrected chi connectivity index (χ0v) is 15.9. The third-order valence-electron chi connectivity index (χ3n) is 6.06. The number of allylic oxidation sites excluding steroid dienone is 3. The van der Waals surface area contributed by atoms with E-state index < -0.39 is 17.9 Å². The molecule has 4 rings (SSSR count). The number of hydrogen-bond acceptors (Lipinski definition) is 5. The summed E-state index contributed by atoms with van der Waals surface area (Å²) in [5, 5.41) is 3.55. The van der Waals surface area contributed by atoms with Crippen molar-refractivity contribution < 1.29 is 22.0 Å². The van der Waals surface area contributed by atoms with E-state index >= 15 is 0 Å². The first-order valence-electron chi connectivity index (χ1n) is 9.56. The van der Waals surface area contributed by atoms with Gasteiger partial charge in [0.05, 0.1) is 13.1 Å². The second kappa shape index (κ2) is 7.44. The largest absolute Gasteiger partial charge is 0.453 e. The summed E-state index contributed by atoms with van der Waals surface area (Å²) in [5.41, 5.74) is 6.37. The molecular formula is C18H23F5N6. The summed E-state index contributed by atoms with van der Waals surface area (Å²) in [4.78, 5) is 7.63. The average molecular weight is 418 g/mol. The van der Waals surface area contributed by atoms with Gasteiger partial charge in [-0.2, -0.15) is 13.2 Å². The highest BCUT2D eigenvalue weighted by Crippen LogP contribution is 2.36. The first-order chi connectivity index (χ1) is 13.6. The van der Waals surface area contributed by atoms with Crippen LogP contribution in [0.4, 0.5) is 22.0 Å². The molecule has 160 valence electrons. The van der Waals surface area contributed by atoms with Gasteiger partial charge in [0, 0.05) is 43.6 Å². The van der Waals surface area contributed by atoms with Crippen LogP contribution in [0.3, 0.4) is 0 Å². The maximum atomic E-state index is 14.3. The van der Waals surface area contributed by atoms with Crippen molar-refractivity contribution in [2.24, 2.45) is 11.7 Å². The van der Waals surface area contributed by atoms with E-state index in [0.717, 1.165) is 12.2 Å². The number of hydrogen-bond donors (Lipinski definition) is 1. The summed E-state index contributed by atoms with van der Waals surface area (Å²) >= 11 is 0. The minimum atomic E-state index is -4.57. The molecule has 1 aromatic heterocycles. The summed E-state index contributed by atoms with van der Waals surface area (Å²) in [7, 11) is 1.83. The highest BCUT2D eigenvalue weighted by Gasteiger charge is 2.43. The van der Waals surface area contributed by atoms with E-state index in [1.54, 1.807) is 0 Å². The topological polar surface area (TPSA) is 63.2 Å². The molecule has 0 aromatic carbocycles. The fourth-order valence-electron chi connectivity index (χ4n) is 4.72. The lowest BCUT2D eigenvalue weighted by atomic mass is 9.80. The Kier molecular flexibility index (Phi) is 5.24. The first kappa shape index (κ1) is 20.4. The van der Waals surface area contributed by atoms with Gasteiger partial charge in [-0.25, -0.2) is 18.4 Å². The van der Waals surface area contributed by atoms with Crippen LogP contribution in [0, 0.1) is 5.92 Å². The number of aromatic nitrogens is 3. The number of halogens is 5. The quantitative estimate of drug-likeness (QED) is 0.747. The summed E-state index contributed by atoms with van der Waals surface area (Å²) in [6.07, 6.45) is -1.74. The van der Waals surface area contributed by atoms with Gasteiger partial charge in [0.2, 0.25) is 0 Å². The van der Waals surface area contributed by atoms with E-state index in [1.165, 1.54) is 4.68 Å².